The summed E-state index contributed by atoms with van der Waals surface area (Å²) in [6.45, 7) is 3.32. The number of imidazole rings is 1. The lowest BCUT2D eigenvalue weighted by atomic mass is 10.2. The van der Waals surface area contributed by atoms with Gasteiger partial charge in [0.2, 0.25) is 0 Å². The third-order valence-electron chi connectivity index (χ3n) is 3.68. The highest BCUT2D eigenvalue weighted by Crippen LogP contribution is 2.07. The molecule has 1 aromatic carbocycles. The van der Waals surface area contributed by atoms with Crippen LogP contribution in [0.5, 0.6) is 0 Å². The Morgan fingerprint density at radius 1 is 1.14 bits per heavy atom. The lowest BCUT2D eigenvalue weighted by Gasteiger charge is -2.27. The molecule has 0 atom stereocenters. The van der Waals surface area contributed by atoms with Crippen LogP contribution in [0.1, 0.15) is 16.1 Å². The van der Waals surface area contributed by atoms with E-state index in [9.17, 15) is 9.59 Å². The molecule has 2 N–H and O–H groups in total. The van der Waals surface area contributed by atoms with Crippen LogP contribution in [0.15, 0.2) is 41.3 Å². The molecule has 2 aromatic rings. The van der Waals surface area contributed by atoms with Gasteiger partial charge in [0, 0.05) is 32.4 Å². The molecule has 6 nitrogen and oxygen atoms in total. The first-order chi connectivity index (χ1) is 10.3. The number of amides is 1. The lowest BCUT2D eigenvalue weighted by Crippen LogP contribution is -2.47. The number of aromatic amines is 1. The number of hydrogen-bond acceptors (Lipinski definition) is 3. The van der Waals surface area contributed by atoms with E-state index in [-0.39, 0.29) is 11.6 Å². The Bertz CT molecular complexity index is 668. The van der Waals surface area contributed by atoms with E-state index < -0.39 is 0 Å². The summed E-state index contributed by atoms with van der Waals surface area (Å²) in [5.74, 6) is -0.0919. The number of piperazine rings is 1. The van der Waals surface area contributed by atoms with Gasteiger partial charge in [-0.15, -0.1) is 0 Å². The van der Waals surface area contributed by atoms with E-state index in [1.807, 2.05) is 30.3 Å². The molecule has 21 heavy (non-hydrogen) atoms. The van der Waals surface area contributed by atoms with E-state index in [4.69, 9.17) is 0 Å². The lowest BCUT2D eigenvalue weighted by molar-refractivity contribution is 0.0725. The summed E-state index contributed by atoms with van der Waals surface area (Å²) in [6, 6.07) is 9.66. The fourth-order valence-electron chi connectivity index (χ4n) is 2.53. The highest BCUT2D eigenvalue weighted by Gasteiger charge is 2.22. The van der Waals surface area contributed by atoms with Gasteiger partial charge >= 0.3 is 5.69 Å². The molecular weight excluding hydrogens is 268 g/mol. The van der Waals surface area contributed by atoms with E-state index in [0.29, 0.717) is 25.3 Å². The quantitative estimate of drug-likeness (QED) is 0.851. The maximum atomic E-state index is 12.5. The maximum absolute atomic E-state index is 12.5. The van der Waals surface area contributed by atoms with Crippen molar-refractivity contribution in [3.8, 4) is 0 Å². The number of carbonyl (C=O) groups is 1. The molecule has 3 rings (SSSR count). The molecule has 1 aliphatic heterocycles. The predicted molar refractivity (Wildman–Crippen MR) is 79.4 cm³/mol. The zero-order valence-electron chi connectivity index (χ0n) is 11.7. The Morgan fingerprint density at radius 2 is 1.86 bits per heavy atom. The van der Waals surface area contributed by atoms with Crippen LogP contribution in [0, 0.1) is 0 Å². The number of aromatic nitrogens is 2. The van der Waals surface area contributed by atoms with Crippen LogP contribution in [0.2, 0.25) is 0 Å². The van der Waals surface area contributed by atoms with Gasteiger partial charge in [-0.3, -0.25) is 9.36 Å². The van der Waals surface area contributed by atoms with Crippen LogP contribution in [0.4, 0.5) is 0 Å². The number of carbonyl (C=O) groups excluding carboxylic acids is 1. The Hall–Kier alpha value is -2.34. The largest absolute Gasteiger partial charge is 0.335 e. The zero-order valence-corrected chi connectivity index (χ0v) is 11.7. The normalized spacial score (nSPS) is 15.1. The summed E-state index contributed by atoms with van der Waals surface area (Å²) in [4.78, 5) is 28.9. The van der Waals surface area contributed by atoms with Gasteiger partial charge in [0.1, 0.15) is 5.69 Å². The first-order valence-corrected chi connectivity index (χ1v) is 7.08. The zero-order chi connectivity index (χ0) is 14.7. The Kier molecular flexibility index (Phi) is 3.87. The molecule has 110 valence electrons. The van der Waals surface area contributed by atoms with Gasteiger partial charge in [-0.05, 0) is 5.56 Å². The van der Waals surface area contributed by atoms with Crippen molar-refractivity contribution in [2.45, 2.75) is 6.54 Å². The van der Waals surface area contributed by atoms with Crippen LogP contribution >= 0.6 is 0 Å². The van der Waals surface area contributed by atoms with E-state index in [0.717, 1.165) is 18.7 Å². The molecule has 2 heterocycles. The number of nitrogens with zero attached hydrogens (tertiary/aromatic N) is 2. The molecule has 0 radical (unpaired) electrons. The summed E-state index contributed by atoms with van der Waals surface area (Å²) in [5, 5.41) is 3.21. The minimum atomic E-state index is -0.252. The minimum absolute atomic E-state index is 0.0919. The first-order valence-electron chi connectivity index (χ1n) is 7.08. The van der Waals surface area contributed by atoms with Gasteiger partial charge in [-0.2, -0.15) is 0 Å². The Morgan fingerprint density at radius 3 is 2.57 bits per heavy atom. The van der Waals surface area contributed by atoms with Gasteiger partial charge < -0.3 is 15.2 Å². The second-order valence-electron chi connectivity index (χ2n) is 5.09. The Balaban J connectivity index is 1.86. The second-order valence-corrected chi connectivity index (χ2v) is 5.09. The van der Waals surface area contributed by atoms with E-state index in [1.54, 1.807) is 4.90 Å². The average Bonchev–Trinajstić information content (AvgIpc) is 2.90. The molecule has 6 heteroatoms. The van der Waals surface area contributed by atoms with Crippen molar-refractivity contribution in [1.29, 1.82) is 0 Å². The van der Waals surface area contributed by atoms with Crippen molar-refractivity contribution in [2.24, 2.45) is 0 Å². The number of benzene rings is 1. The van der Waals surface area contributed by atoms with Crippen molar-refractivity contribution in [1.82, 2.24) is 19.8 Å². The molecule has 1 aromatic heterocycles. The highest BCUT2D eigenvalue weighted by molar-refractivity contribution is 5.92. The van der Waals surface area contributed by atoms with Crippen molar-refractivity contribution in [3.63, 3.8) is 0 Å². The molecule has 0 aliphatic carbocycles. The van der Waals surface area contributed by atoms with Crippen molar-refractivity contribution < 1.29 is 4.79 Å². The topological polar surface area (TPSA) is 70.1 Å². The standard InChI is InChI=1S/C15H18N4O2/c20-14(18-8-6-16-7-9-18)13-10-17-15(21)19(13)11-12-4-2-1-3-5-12/h1-5,10,16H,6-9,11H2,(H,17,21). The smallest absolute Gasteiger partial charge is 0.326 e. The van der Waals surface area contributed by atoms with Crippen molar-refractivity contribution in [3.05, 3.63) is 58.3 Å². The summed E-state index contributed by atoms with van der Waals surface area (Å²) >= 11 is 0. The fraction of sp³-hybridized carbons (Fsp3) is 0.333. The molecule has 0 spiro atoms. The summed E-state index contributed by atoms with van der Waals surface area (Å²) in [6.07, 6.45) is 1.51. The fourth-order valence-corrected chi connectivity index (χ4v) is 2.53. The van der Waals surface area contributed by atoms with Gasteiger partial charge in [0.15, 0.2) is 0 Å². The van der Waals surface area contributed by atoms with E-state index >= 15 is 0 Å². The average molecular weight is 286 g/mol. The van der Waals surface area contributed by atoms with Crippen LogP contribution in [0.3, 0.4) is 0 Å². The summed E-state index contributed by atoms with van der Waals surface area (Å²) < 4.78 is 1.50. The summed E-state index contributed by atoms with van der Waals surface area (Å²) in [5.41, 5.74) is 1.16. The molecule has 1 saturated heterocycles. The SMILES string of the molecule is O=C(c1c[nH]c(=O)n1Cc1ccccc1)N1CCNCC1. The van der Waals surface area contributed by atoms with Gasteiger partial charge in [-0.1, -0.05) is 30.3 Å². The van der Waals surface area contributed by atoms with E-state index in [1.165, 1.54) is 10.8 Å². The first kappa shape index (κ1) is 13.6. The van der Waals surface area contributed by atoms with Gasteiger partial charge in [0.05, 0.1) is 6.54 Å². The van der Waals surface area contributed by atoms with Crippen LogP contribution in [-0.2, 0) is 6.54 Å². The maximum Gasteiger partial charge on any atom is 0.326 e. The van der Waals surface area contributed by atoms with Gasteiger partial charge in [-0.25, -0.2) is 4.79 Å². The highest BCUT2D eigenvalue weighted by atomic mass is 16.2. The number of rotatable bonds is 3. The molecule has 1 aliphatic rings. The molecule has 1 fully saturated rings. The summed E-state index contributed by atoms with van der Waals surface area (Å²) in [7, 11) is 0. The Labute approximate surface area is 122 Å². The minimum Gasteiger partial charge on any atom is -0.335 e. The molecule has 0 bridgehead atoms. The van der Waals surface area contributed by atoms with Crippen LogP contribution in [-0.4, -0.2) is 46.5 Å². The molecular formula is C15H18N4O2. The van der Waals surface area contributed by atoms with Gasteiger partial charge in [0.25, 0.3) is 5.91 Å². The number of hydrogen-bond donors (Lipinski definition) is 2. The van der Waals surface area contributed by atoms with E-state index in [2.05, 4.69) is 10.3 Å². The molecule has 0 unspecified atom stereocenters. The second kappa shape index (κ2) is 5.97. The predicted octanol–water partition coefficient (Wildman–Crippen LogP) is 0.270. The number of nitrogens with one attached hydrogen (secondary N) is 2. The molecule has 1 amide bonds. The van der Waals surface area contributed by atoms with Crippen molar-refractivity contribution >= 4 is 5.91 Å². The van der Waals surface area contributed by atoms with Crippen LogP contribution < -0.4 is 11.0 Å². The van der Waals surface area contributed by atoms with Crippen molar-refractivity contribution in [2.75, 3.05) is 26.2 Å². The van der Waals surface area contributed by atoms with Crippen LogP contribution in [0.25, 0.3) is 0 Å². The third kappa shape index (κ3) is 2.90. The monoisotopic (exact) mass is 286 g/mol. The molecule has 0 saturated carbocycles. The third-order valence-corrected chi connectivity index (χ3v) is 3.68. The number of H-pyrrole nitrogens is 1.